The summed E-state index contributed by atoms with van der Waals surface area (Å²) in [6, 6.07) is 16.7. The molecule has 0 aliphatic rings. The van der Waals surface area contributed by atoms with Gasteiger partial charge in [0.2, 0.25) is 0 Å². The molecule has 2 aromatic rings. The molecule has 32 heavy (non-hydrogen) atoms. The normalized spacial score (nSPS) is 12.8. The highest BCUT2D eigenvalue weighted by Gasteiger charge is 2.18. The summed E-state index contributed by atoms with van der Waals surface area (Å²) in [6.45, 7) is 3.86. The molecule has 0 bridgehead atoms. The minimum absolute atomic E-state index is 0.0236. The number of nitrogens with one attached hydrogen (secondary N) is 1. The summed E-state index contributed by atoms with van der Waals surface area (Å²) in [5, 5.41) is 11.1. The summed E-state index contributed by atoms with van der Waals surface area (Å²) in [7, 11) is 3.82. The molecule has 0 fully saturated rings. The largest absolute Gasteiger partial charge is 0.489 e. The number of rotatable bonds is 12. The van der Waals surface area contributed by atoms with E-state index in [0.717, 1.165) is 23.4 Å². The van der Waals surface area contributed by atoms with E-state index in [1.54, 1.807) is 0 Å². The number of hydrogen-bond acceptors (Lipinski definition) is 6. The molecule has 1 N–H and O–H groups in total. The molecule has 0 saturated heterocycles. The third-order valence-electron chi connectivity index (χ3n) is 4.64. The van der Waals surface area contributed by atoms with Gasteiger partial charge < -0.3 is 19.7 Å². The summed E-state index contributed by atoms with van der Waals surface area (Å²) < 4.78 is 5.80. The van der Waals surface area contributed by atoms with Crippen molar-refractivity contribution in [1.82, 2.24) is 5.32 Å². The Morgan fingerprint density at radius 1 is 1.09 bits per heavy atom. The van der Waals surface area contributed by atoms with Gasteiger partial charge in [0, 0.05) is 26.2 Å². The maximum atomic E-state index is 12.7. The number of anilines is 1. The molecule has 0 aromatic heterocycles. The lowest BCUT2D eigenvalue weighted by atomic mass is 10.1. The van der Waals surface area contributed by atoms with Crippen LogP contribution in [0.3, 0.4) is 0 Å². The Morgan fingerprint density at radius 3 is 2.44 bits per heavy atom. The van der Waals surface area contributed by atoms with Gasteiger partial charge in [0.05, 0.1) is 5.69 Å². The number of carbonyl (C=O) groups excluding carboxylic acids is 2. The zero-order valence-electron chi connectivity index (χ0n) is 19.2. The average Bonchev–Trinajstić information content (AvgIpc) is 2.80. The molecule has 0 aliphatic carbocycles. The quantitative estimate of drug-likeness (QED) is 0.313. The van der Waals surface area contributed by atoms with E-state index in [1.807, 2.05) is 87.4 Å². The smallest absolute Gasteiger partial charge is 0.268 e. The van der Waals surface area contributed by atoms with Gasteiger partial charge in [-0.2, -0.15) is 5.10 Å². The van der Waals surface area contributed by atoms with Crippen molar-refractivity contribution in [2.75, 3.05) is 25.6 Å². The van der Waals surface area contributed by atoms with Gasteiger partial charge >= 0.3 is 0 Å². The Hall–Kier alpha value is -3.48. The van der Waals surface area contributed by atoms with Crippen LogP contribution in [0.2, 0.25) is 0 Å². The molecule has 1 atom stereocenters. The van der Waals surface area contributed by atoms with Crippen molar-refractivity contribution in [2.24, 2.45) is 10.2 Å². The van der Waals surface area contributed by atoms with Gasteiger partial charge in [-0.15, -0.1) is 5.10 Å². The van der Waals surface area contributed by atoms with Gasteiger partial charge in [0.25, 0.3) is 5.91 Å². The molecule has 7 nitrogen and oxygen atoms in total. The van der Waals surface area contributed by atoms with Gasteiger partial charge in [0.15, 0.2) is 0 Å². The number of nitrogens with zero attached hydrogens (tertiary/aromatic N) is 3. The number of para-hydroxylation sites is 2. The fraction of sp³-hybridized carbons (Fsp3) is 0.360. The van der Waals surface area contributed by atoms with Crippen molar-refractivity contribution in [1.29, 1.82) is 0 Å². The number of aldehydes is 1. The minimum Gasteiger partial charge on any atom is -0.489 e. The Bertz CT molecular complexity index is 939. The van der Waals surface area contributed by atoms with Crippen LogP contribution in [0, 0.1) is 0 Å². The molecule has 7 heteroatoms. The van der Waals surface area contributed by atoms with E-state index in [-0.39, 0.29) is 6.61 Å². The fourth-order valence-corrected chi connectivity index (χ4v) is 3.01. The van der Waals surface area contributed by atoms with E-state index in [4.69, 9.17) is 4.74 Å². The molecular weight excluding hydrogens is 404 g/mol. The van der Waals surface area contributed by atoms with Crippen LogP contribution < -0.4 is 15.0 Å². The highest BCUT2D eigenvalue weighted by Crippen LogP contribution is 2.25. The zero-order chi connectivity index (χ0) is 23.3. The van der Waals surface area contributed by atoms with Crippen molar-refractivity contribution in [3.05, 3.63) is 60.2 Å². The molecule has 170 valence electrons. The number of amides is 1. The third kappa shape index (κ3) is 7.98. The lowest BCUT2D eigenvalue weighted by Gasteiger charge is -2.19. The Kier molecular flexibility index (Phi) is 10.1. The van der Waals surface area contributed by atoms with Crippen LogP contribution >= 0.6 is 0 Å². The third-order valence-corrected chi connectivity index (χ3v) is 4.64. The second kappa shape index (κ2) is 13.0. The Labute approximate surface area is 190 Å². The SMILES string of the molecule is CCC/C(=N\N=C(/C)Cc1ccccc1)C(=O)N[C@H](C=O)COc1ccccc1N(C)C. The van der Waals surface area contributed by atoms with E-state index < -0.39 is 11.9 Å². The molecule has 1 amide bonds. The average molecular weight is 437 g/mol. The molecule has 2 rings (SSSR count). The Balaban J connectivity index is 2.02. The first kappa shape index (κ1) is 24.8. The van der Waals surface area contributed by atoms with Gasteiger partial charge in [0.1, 0.15) is 30.4 Å². The molecule has 0 saturated carbocycles. The summed E-state index contributed by atoms with van der Waals surface area (Å²) in [5.74, 6) is 0.229. The molecule has 0 radical (unpaired) electrons. The van der Waals surface area contributed by atoms with Gasteiger partial charge in [-0.25, -0.2) is 0 Å². The summed E-state index contributed by atoms with van der Waals surface area (Å²) in [5.41, 5.74) is 3.11. The van der Waals surface area contributed by atoms with E-state index in [9.17, 15) is 9.59 Å². The van der Waals surface area contributed by atoms with E-state index in [2.05, 4.69) is 15.5 Å². The van der Waals surface area contributed by atoms with Crippen molar-refractivity contribution in [3.8, 4) is 5.75 Å². The van der Waals surface area contributed by atoms with Gasteiger partial charge in [-0.05, 0) is 31.0 Å². The second-order valence-corrected chi connectivity index (χ2v) is 7.68. The minimum atomic E-state index is -0.797. The topological polar surface area (TPSA) is 83.4 Å². The number of carbonyl (C=O) groups is 2. The highest BCUT2D eigenvalue weighted by atomic mass is 16.5. The molecule has 0 spiro atoms. The summed E-state index contributed by atoms with van der Waals surface area (Å²) in [6.07, 6.45) is 2.52. The predicted molar refractivity (Wildman–Crippen MR) is 130 cm³/mol. The molecule has 0 unspecified atom stereocenters. The maximum absolute atomic E-state index is 12.7. The van der Waals surface area contributed by atoms with Crippen LogP contribution in [-0.2, 0) is 16.0 Å². The van der Waals surface area contributed by atoms with Crippen molar-refractivity contribution in [2.45, 2.75) is 39.2 Å². The molecule has 0 aliphatic heterocycles. The standard InChI is InChI=1S/C25H32N4O3/c1-5-11-22(28-27-19(2)16-20-12-7-6-8-13-20)25(31)26-21(17-30)18-32-24-15-10-9-14-23(24)29(3)4/h6-10,12-15,17,21H,5,11,16,18H2,1-4H3,(H,26,31)/b27-19+,28-22+/t21-/m1/s1. The van der Waals surface area contributed by atoms with Crippen LogP contribution in [0.4, 0.5) is 5.69 Å². The molecule has 2 aromatic carbocycles. The first-order chi connectivity index (χ1) is 15.4. The number of hydrogen-bond donors (Lipinski definition) is 1. The number of benzene rings is 2. The van der Waals surface area contributed by atoms with E-state index >= 15 is 0 Å². The monoisotopic (exact) mass is 436 g/mol. The van der Waals surface area contributed by atoms with Crippen LogP contribution in [0.25, 0.3) is 0 Å². The van der Waals surface area contributed by atoms with E-state index in [1.165, 1.54) is 0 Å². The van der Waals surface area contributed by atoms with Crippen LogP contribution in [0.1, 0.15) is 32.3 Å². The lowest BCUT2D eigenvalue weighted by molar-refractivity contribution is -0.119. The predicted octanol–water partition coefficient (Wildman–Crippen LogP) is 3.67. The van der Waals surface area contributed by atoms with Crippen LogP contribution in [-0.4, -0.2) is 50.4 Å². The second-order valence-electron chi connectivity index (χ2n) is 7.68. The van der Waals surface area contributed by atoms with Crippen LogP contribution in [0.5, 0.6) is 5.75 Å². The fourth-order valence-electron chi connectivity index (χ4n) is 3.01. The van der Waals surface area contributed by atoms with Crippen molar-refractivity contribution < 1.29 is 14.3 Å². The van der Waals surface area contributed by atoms with Crippen molar-refractivity contribution >= 4 is 29.3 Å². The molecule has 0 heterocycles. The molecular formula is C25H32N4O3. The lowest BCUT2D eigenvalue weighted by Crippen LogP contribution is -2.43. The maximum Gasteiger partial charge on any atom is 0.268 e. The summed E-state index contributed by atoms with van der Waals surface area (Å²) in [4.78, 5) is 26.2. The van der Waals surface area contributed by atoms with Gasteiger partial charge in [-0.3, -0.25) is 4.79 Å². The number of ether oxygens (including phenoxy) is 1. The van der Waals surface area contributed by atoms with E-state index in [0.29, 0.717) is 30.6 Å². The Morgan fingerprint density at radius 2 is 1.78 bits per heavy atom. The first-order valence-corrected chi connectivity index (χ1v) is 10.7. The van der Waals surface area contributed by atoms with Gasteiger partial charge in [-0.1, -0.05) is 55.8 Å². The van der Waals surface area contributed by atoms with Crippen molar-refractivity contribution in [3.63, 3.8) is 0 Å². The zero-order valence-corrected chi connectivity index (χ0v) is 19.2. The first-order valence-electron chi connectivity index (χ1n) is 10.7. The summed E-state index contributed by atoms with van der Waals surface area (Å²) >= 11 is 0. The van der Waals surface area contributed by atoms with Crippen LogP contribution in [0.15, 0.2) is 64.8 Å². The highest BCUT2D eigenvalue weighted by molar-refractivity contribution is 6.39.